The zero-order valence-corrected chi connectivity index (χ0v) is 18.1. The van der Waals surface area contributed by atoms with E-state index in [0.717, 1.165) is 16.5 Å². The number of fused-ring (bicyclic) bond motifs is 1. The van der Waals surface area contributed by atoms with Crippen molar-refractivity contribution in [3.05, 3.63) is 48.3 Å². The van der Waals surface area contributed by atoms with E-state index in [1.165, 1.54) is 17.9 Å². The number of halogens is 2. The number of carbonyl (C=O) groups is 1. The summed E-state index contributed by atoms with van der Waals surface area (Å²) in [6.45, 7) is 6.95. The smallest absolute Gasteiger partial charge is 0.247 e. The van der Waals surface area contributed by atoms with Crippen LogP contribution in [0.4, 0.5) is 14.5 Å². The zero-order chi connectivity index (χ0) is 23.0. The van der Waals surface area contributed by atoms with Gasteiger partial charge in [0.2, 0.25) is 11.8 Å². The standard InChI is InChI=1S/C23H24F2N4O3/c1-5-19(30)28-21-12(2)20(22(31-4)27-13(21)3)14-6-7-15-10-26-29(18(15)8-14)23-17(25)9-16(24)11-32-23/h5-8,10,16-17,23H,1,9,11H2,2-4H3,(H,28,30). The summed E-state index contributed by atoms with van der Waals surface area (Å²) in [5, 5.41) is 7.87. The van der Waals surface area contributed by atoms with Crippen LogP contribution in [0.3, 0.4) is 0 Å². The van der Waals surface area contributed by atoms with Crippen molar-refractivity contribution >= 4 is 22.5 Å². The van der Waals surface area contributed by atoms with Gasteiger partial charge in [-0.1, -0.05) is 18.7 Å². The summed E-state index contributed by atoms with van der Waals surface area (Å²) in [5.74, 6) is 0.0387. The summed E-state index contributed by atoms with van der Waals surface area (Å²) < 4.78 is 40.4. The summed E-state index contributed by atoms with van der Waals surface area (Å²) in [4.78, 5) is 16.4. The molecule has 1 aliphatic heterocycles. The predicted molar refractivity (Wildman–Crippen MR) is 117 cm³/mol. The molecule has 3 aromatic rings. The first-order valence-corrected chi connectivity index (χ1v) is 10.2. The van der Waals surface area contributed by atoms with Crippen LogP contribution in [0.5, 0.6) is 5.88 Å². The maximum Gasteiger partial charge on any atom is 0.247 e. The molecular formula is C23H24F2N4O3. The molecule has 9 heteroatoms. The van der Waals surface area contributed by atoms with E-state index in [1.807, 2.05) is 25.1 Å². The molecule has 1 fully saturated rings. The van der Waals surface area contributed by atoms with Gasteiger partial charge in [-0.2, -0.15) is 5.10 Å². The largest absolute Gasteiger partial charge is 0.481 e. The van der Waals surface area contributed by atoms with E-state index in [4.69, 9.17) is 9.47 Å². The van der Waals surface area contributed by atoms with Gasteiger partial charge < -0.3 is 14.8 Å². The van der Waals surface area contributed by atoms with Gasteiger partial charge in [0.15, 0.2) is 6.23 Å². The maximum atomic E-state index is 14.5. The van der Waals surface area contributed by atoms with Crippen LogP contribution < -0.4 is 10.1 Å². The molecule has 32 heavy (non-hydrogen) atoms. The number of ether oxygens (including phenoxy) is 2. The fraction of sp³-hybridized carbons (Fsp3) is 0.348. The quantitative estimate of drug-likeness (QED) is 0.591. The van der Waals surface area contributed by atoms with Gasteiger partial charge in [-0.25, -0.2) is 18.4 Å². The zero-order valence-electron chi connectivity index (χ0n) is 18.1. The molecule has 0 spiro atoms. The fourth-order valence-corrected chi connectivity index (χ4v) is 4.02. The van der Waals surface area contributed by atoms with Crippen LogP contribution in [-0.2, 0) is 9.53 Å². The number of nitrogens with one attached hydrogen (secondary N) is 1. The molecule has 1 aromatic carbocycles. The number of carbonyl (C=O) groups excluding carboxylic acids is 1. The van der Waals surface area contributed by atoms with Crippen LogP contribution in [0.15, 0.2) is 37.1 Å². The average molecular weight is 442 g/mol. The molecule has 1 aliphatic rings. The van der Waals surface area contributed by atoms with Gasteiger partial charge in [-0.15, -0.1) is 0 Å². The molecule has 7 nitrogen and oxygen atoms in total. The third-order valence-electron chi connectivity index (χ3n) is 5.59. The summed E-state index contributed by atoms with van der Waals surface area (Å²) >= 11 is 0. The number of nitrogens with zero attached hydrogens (tertiary/aromatic N) is 3. The number of aromatic nitrogens is 3. The first kappa shape index (κ1) is 21.9. The number of benzene rings is 1. The van der Waals surface area contributed by atoms with Gasteiger partial charge in [0, 0.05) is 17.4 Å². The van der Waals surface area contributed by atoms with Crippen LogP contribution in [0, 0.1) is 13.8 Å². The minimum Gasteiger partial charge on any atom is -0.481 e. The van der Waals surface area contributed by atoms with E-state index in [2.05, 4.69) is 22.0 Å². The Morgan fingerprint density at radius 1 is 1.38 bits per heavy atom. The molecular weight excluding hydrogens is 418 g/mol. The highest BCUT2D eigenvalue weighted by atomic mass is 19.1. The lowest BCUT2D eigenvalue weighted by atomic mass is 9.98. The average Bonchev–Trinajstić information content (AvgIpc) is 3.19. The number of amides is 1. The summed E-state index contributed by atoms with van der Waals surface area (Å²) in [5.41, 5.74) is 3.97. The number of methoxy groups -OCH3 is 1. The topological polar surface area (TPSA) is 78.3 Å². The molecule has 4 rings (SSSR count). The van der Waals surface area contributed by atoms with Crippen LogP contribution in [0.25, 0.3) is 22.0 Å². The molecule has 1 amide bonds. The van der Waals surface area contributed by atoms with Crippen molar-refractivity contribution in [2.45, 2.75) is 38.8 Å². The molecule has 1 saturated heterocycles. The molecule has 3 unspecified atom stereocenters. The molecule has 0 bridgehead atoms. The minimum atomic E-state index is -1.51. The molecule has 2 aromatic heterocycles. The number of hydrogen-bond donors (Lipinski definition) is 1. The number of hydrogen-bond acceptors (Lipinski definition) is 5. The second-order valence-electron chi connectivity index (χ2n) is 7.71. The molecule has 168 valence electrons. The van der Waals surface area contributed by atoms with Gasteiger partial charge in [0.1, 0.15) is 12.3 Å². The maximum absolute atomic E-state index is 14.5. The second kappa shape index (κ2) is 8.66. The van der Waals surface area contributed by atoms with Gasteiger partial charge in [0.05, 0.1) is 36.8 Å². The van der Waals surface area contributed by atoms with Crippen molar-refractivity contribution in [3.63, 3.8) is 0 Å². The van der Waals surface area contributed by atoms with Crippen LogP contribution >= 0.6 is 0 Å². The number of rotatable bonds is 5. The number of alkyl halides is 2. The predicted octanol–water partition coefficient (Wildman–Crippen LogP) is 4.44. The van der Waals surface area contributed by atoms with Crippen LogP contribution in [0.1, 0.15) is 23.9 Å². The van der Waals surface area contributed by atoms with Crippen molar-refractivity contribution in [2.24, 2.45) is 0 Å². The van der Waals surface area contributed by atoms with E-state index < -0.39 is 18.6 Å². The SMILES string of the molecule is C=CC(=O)Nc1c(C)nc(OC)c(-c2ccc3cnn(C4OCC(F)CC4F)c3c2)c1C. The molecule has 3 heterocycles. The normalized spacial score (nSPS) is 20.8. The van der Waals surface area contributed by atoms with Gasteiger partial charge in [0.25, 0.3) is 0 Å². The third-order valence-corrected chi connectivity index (χ3v) is 5.59. The minimum absolute atomic E-state index is 0.173. The van der Waals surface area contributed by atoms with E-state index in [9.17, 15) is 13.6 Å². The van der Waals surface area contributed by atoms with E-state index in [0.29, 0.717) is 28.3 Å². The Hall–Kier alpha value is -3.33. The highest BCUT2D eigenvalue weighted by molar-refractivity contribution is 6.01. The third kappa shape index (κ3) is 3.84. The van der Waals surface area contributed by atoms with Crippen molar-refractivity contribution in [1.82, 2.24) is 14.8 Å². The van der Waals surface area contributed by atoms with Crippen molar-refractivity contribution in [2.75, 3.05) is 19.0 Å². The molecule has 0 radical (unpaired) electrons. The highest BCUT2D eigenvalue weighted by Crippen LogP contribution is 2.39. The Morgan fingerprint density at radius 2 is 2.16 bits per heavy atom. The Labute approximate surface area is 184 Å². The van der Waals surface area contributed by atoms with Crippen LogP contribution in [0.2, 0.25) is 0 Å². The molecule has 0 aliphatic carbocycles. The summed E-state index contributed by atoms with van der Waals surface area (Å²) in [6.07, 6.45) is -1.27. The van der Waals surface area contributed by atoms with Crippen molar-refractivity contribution in [1.29, 1.82) is 0 Å². The molecule has 3 atom stereocenters. The monoisotopic (exact) mass is 442 g/mol. The van der Waals surface area contributed by atoms with Gasteiger partial charge >= 0.3 is 0 Å². The number of pyridine rings is 1. The lowest BCUT2D eigenvalue weighted by Crippen LogP contribution is -2.35. The van der Waals surface area contributed by atoms with E-state index in [1.54, 1.807) is 13.1 Å². The summed E-state index contributed by atoms with van der Waals surface area (Å²) in [6, 6.07) is 5.56. The molecule has 0 saturated carbocycles. The first-order valence-electron chi connectivity index (χ1n) is 10.2. The Bertz CT molecular complexity index is 1190. The van der Waals surface area contributed by atoms with E-state index in [-0.39, 0.29) is 18.9 Å². The lowest BCUT2D eigenvalue weighted by molar-refractivity contribution is -0.116. The Morgan fingerprint density at radius 3 is 2.84 bits per heavy atom. The highest BCUT2D eigenvalue weighted by Gasteiger charge is 2.34. The second-order valence-corrected chi connectivity index (χ2v) is 7.71. The summed E-state index contributed by atoms with van der Waals surface area (Å²) in [7, 11) is 1.52. The first-order chi connectivity index (χ1) is 15.3. The van der Waals surface area contributed by atoms with Crippen molar-refractivity contribution in [3.8, 4) is 17.0 Å². The molecule has 1 N–H and O–H groups in total. The number of anilines is 1. The lowest BCUT2D eigenvalue weighted by Gasteiger charge is -2.29. The fourth-order valence-electron chi connectivity index (χ4n) is 4.02. The van der Waals surface area contributed by atoms with E-state index >= 15 is 0 Å². The Balaban J connectivity index is 1.84. The Kier molecular flexibility index (Phi) is 5.92. The van der Waals surface area contributed by atoms with Gasteiger partial charge in [-0.05, 0) is 37.1 Å². The van der Waals surface area contributed by atoms with Crippen LogP contribution in [-0.4, -0.2) is 46.7 Å². The van der Waals surface area contributed by atoms with Crippen molar-refractivity contribution < 1.29 is 23.0 Å². The van der Waals surface area contributed by atoms with Gasteiger partial charge in [-0.3, -0.25) is 4.79 Å². The number of aryl methyl sites for hydroxylation is 1.